The molecule has 2 heterocycles. The number of carbonyl (C=O) groups is 1. The number of aromatic nitrogens is 1. The first-order valence-corrected chi connectivity index (χ1v) is 12.6. The molecule has 0 atom stereocenters. The number of esters is 1. The Balaban J connectivity index is 1.61. The van der Waals surface area contributed by atoms with E-state index in [4.69, 9.17) is 4.74 Å². The summed E-state index contributed by atoms with van der Waals surface area (Å²) >= 11 is 2.41. The average molecular weight is 471 g/mol. The molecule has 2 aromatic carbocycles. The van der Waals surface area contributed by atoms with Crippen molar-refractivity contribution in [1.82, 2.24) is 4.57 Å². The normalized spacial score (nSPS) is 12.1. The molecule has 0 saturated heterocycles. The van der Waals surface area contributed by atoms with Crippen LogP contribution in [0.25, 0.3) is 11.3 Å². The summed E-state index contributed by atoms with van der Waals surface area (Å²) in [5, 5.41) is 3.58. The maximum atomic E-state index is 12.5. The van der Waals surface area contributed by atoms with Crippen molar-refractivity contribution >= 4 is 38.7 Å². The van der Waals surface area contributed by atoms with Gasteiger partial charge in [-0.25, -0.2) is 4.79 Å². The molecule has 2 aromatic heterocycles. The Kier molecular flexibility index (Phi) is 6.17. The maximum absolute atomic E-state index is 12.5. The Labute approximate surface area is 187 Å². The van der Waals surface area contributed by atoms with E-state index < -0.39 is 16.0 Å². The van der Waals surface area contributed by atoms with Crippen LogP contribution in [0.3, 0.4) is 0 Å². The van der Waals surface area contributed by atoms with Crippen molar-refractivity contribution in [3.8, 4) is 17.0 Å². The van der Waals surface area contributed by atoms with E-state index in [9.17, 15) is 13.2 Å². The zero-order valence-electron chi connectivity index (χ0n) is 16.5. The Morgan fingerprint density at radius 1 is 1.00 bits per heavy atom. The lowest BCUT2D eigenvalue weighted by molar-refractivity contribution is 0.0735. The van der Waals surface area contributed by atoms with Gasteiger partial charge in [-0.1, -0.05) is 24.3 Å². The summed E-state index contributed by atoms with van der Waals surface area (Å²) in [4.78, 5) is 12.6. The van der Waals surface area contributed by atoms with Crippen LogP contribution >= 0.6 is 22.7 Å². The number of sulfonamides is 1. The minimum Gasteiger partial charge on any atom is -0.423 e. The molecule has 0 spiro atoms. The molecular formula is C22H18N2O4S3. The third kappa shape index (κ3) is 4.68. The van der Waals surface area contributed by atoms with Gasteiger partial charge in [-0.3, -0.25) is 0 Å². The lowest BCUT2D eigenvalue weighted by atomic mass is 10.1. The first-order chi connectivity index (χ1) is 15.0. The van der Waals surface area contributed by atoms with Crippen LogP contribution in [0.2, 0.25) is 0 Å². The largest absolute Gasteiger partial charge is 0.423 e. The molecule has 4 rings (SSSR count). The summed E-state index contributed by atoms with van der Waals surface area (Å²) in [6, 6.07) is 19.1. The highest BCUT2D eigenvalue weighted by Gasteiger charge is 2.16. The summed E-state index contributed by atoms with van der Waals surface area (Å²) in [5.41, 5.74) is 2.19. The van der Waals surface area contributed by atoms with Crippen molar-refractivity contribution in [2.45, 2.75) is 17.7 Å². The minimum absolute atomic E-state index is 0.217. The first kappa shape index (κ1) is 21.2. The molecule has 0 saturated carbocycles. The molecule has 158 valence electrons. The van der Waals surface area contributed by atoms with E-state index in [0.29, 0.717) is 22.7 Å². The zero-order chi connectivity index (χ0) is 21.8. The summed E-state index contributed by atoms with van der Waals surface area (Å²) in [6.45, 7) is 2.49. The van der Waals surface area contributed by atoms with E-state index in [-0.39, 0.29) is 4.21 Å². The number of ether oxygens (including phenoxy) is 1. The second-order valence-electron chi connectivity index (χ2n) is 6.43. The van der Waals surface area contributed by atoms with Crippen molar-refractivity contribution in [2.24, 2.45) is 4.40 Å². The quantitative estimate of drug-likeness (QED) is 0.299. The molecule has 0 aliphatic rings. The predicted octanol–water partition coefficient (Wildman–Crippen LogP) is 4.81. The van der Waals surface area contributed by atoms with E-state index in [2.05, 4.69) is 4.40 Å². The lowest BCUT2D eigenvalue weighted by Gasteiger charge is -2.08. The van der Waals surface area contributed by atoms with Gasteiger partial charge in [0.05, 0.1) is 11.3 Å². The van der Waals surface area contributed by atoms with Crippen molar-refractivity contribution in [2.75, 3.05) is 0 Å². The number of benzene rings is 2. The van der Waals surface area contributed by atoms with Gasteiger partial charge >= 0.3 is 5.97 Å². The van der Waals surface area contributed by atoms with Gasteiger partial charge in [0.25, 0.3) is 10.0 Å². The lowest BCUT2D eigenvalue weighted by Crippen LogP contribution is -2.17. The standard InChI is InChI=1S/C22H18N2O4S3/c1-2-24-19(15-30-22(24)23-31(26,27)20-9-6-14-29-20)16-10-12-18(13-11-16)28-21(25)17-7-4-3-5-8-17/h3-15H,2H2,1H3. The Morgan fingerprint density at radius 2 is 1.74 bits per heavy atom. The van der Waals surface area contributed by atoms with E-state index in [0.717, 1.165) is 22.6 Å². The number of rotatable bonds is 6. The first-order valence-electron chi connectivity index (χ1n) is 9.38. The van der Waals surface area contributed by atoms with Crippen LogP contribution in [0.5, 0.6) is 5.75 Å². The molecule has 31 heavy (non-hydrogen) atoms. The van der Waals surface area contributed by atoms with Crippen LogP contribution in [0, 0.1) is 0 Å². The second kappa shape index (κ2) is 9.01. The van der Waals surface area contributed by atoms with Gasteiger partial charge in [-0.05, 0) is 60.3 Å². The number of hydrogen-bond acceptors (Lipinski definition) is 6. The van der Waals surface area contributed by atoms with E-state index >= 15 is 0 Å². The summed E-state index contributed by atoms with van der Waals surface area (Å²) in [7, 11) is -3.74. The summed E-state index contributed by atoms with van der Waals surface area (Å²) < 4.78 is 36.6. The van der Waals surface area contributed by atoms with E-state index in [1.165, 1.54) is 11.3 Å². The van der Waals surface area contributed by atoms with Crippen LogP contribution < -0.4 is 9.54 Å². The number of thiophene rings is 1. The van der Waals surface area contributed by atoms with Gasteiger partial charge in [-0.2, -0.15) is 8.42 Å². The molecule has 0 amide bonds. The van der Waals surface area contributed by atoms with Crippen LogP contribution in [0.1, 0.15) is 17.3 Å². The van der Waals surface area contributed by atoms with Gasteiger partial charge in [0, 0.05) is 11.9 Å². The number of carbonyl (C=O) groups excluding carboxylic acids is 1. The van der Waals surface area contributed by atoms with E-state index in [1.54, 1.807) is 53.9 Å². The molecule has 9 heteroatoms. The number of nitrogens with zero attached hydrogens (tertiary/aromatic N) is 2. The summed E-state index contributed by atoms with van der Waals surface area (Å²) in [5.74, 6) is 0.00782. The highest BCUT2D eigenvalue weighted by atomic mass is 32.2. The smallest absolute Gasteiger partial charge is 0.343 e. The van der Waals surface area contributed by atoms with Gasteiger partial charge < -0.3 is 9.30 Å². The molecular weight excluding hydrogens is 452 g/mol. The molecule has 0 fully saturated rings. The highest BCUT2D eigenvalue weighted by molar-refractivity contribution is 7.92. The van der Waals surface area contributed by atoms with Gasteiger partial charge in [0.15, 0.2) is 0 Å². The van der Waals surface area contributed by atoms with Crippen molar-refractivity contribution in [3.63, 3.8) is 0 Å². The van der Waals surface area contributed by atoms with Gasteiger partial charge in [0.2, 0.25) is 4.80 Å². The Bertz CT molecular complexity index is 1350. The van der Waals surface area contributed by atoms with Crippen LogP contribution in [-0.4, -0.2) is 19.0 Å². The fourth-order valence-corrected chi connectivity index (χ4v) is 6.09. The predicted molar refractivity (Wildman–Crippen MR) is 122 cm³/mol. The third-order valence-electron chi connectivity index (χ3n) is 4.43. The Hall–Kier alpha value is -3.01. The zero-order valence-corrected chi connectivity index (χ0v) is 18.9. The SMILES string of the molecule is CCn1c(-c2ccc(OC(=O)c3ccccc3)cc2)csc1=NS(=O)(=O)c1cccs1. The molecule has 0 aliphatic carbocycles. The number of hydrogen-bond donors (Lipinski definition) is 0. The van der Waals surface area contributed by atoms with Crippen LogP contribution in [0.4, 0.5) is 0 Å². The molecule has 0 N–H and O–H groups in total. The second-order valence-corrected chi connectivity index (χ2v) is 10.0. The van der Waals surface area contributed by atoms with Gasteiger partial charge in [0.1, 0.15) is 9.96 Å². The molecule has 6 nitrogen and oxygen atoms in total. The van der Waals surface area contributed by atoms with Crippen LogP contribution in [0.15, 0.2) is 86.1 Å². The average Bonchev–Trinajstić information content (AvgIpc) is 3.45. The summed E-state index contributed by atoms with van der Waals surface area (Å²) in [6.07, 6.45) is 0. The van der Waals surface area contributed by atoms with Crippen molar-refractivity contribution in [3.05, 3.63) is 87.9 Å². The monoisotopic (exact) mass is 470 g/mol. The minimum atomic E-state index is -3.74. The maximum Gasteiger partial charge on any atom is 0.343 e. The fraction of sp³-hybridized carbons (Fsp3) is 0.0909. The molecule has 4 aromatic rings. The Morgan fingerprint density at radius 3 is 2.39 bits per heavy atom. The third-order valence-corrected chi connectivity index (χ3v) is 8.05. The highest BCUT2D eigenvalue weighted by Crippen LogP contribution is 2.24. The molecule has 0 unspecified atom stereocenters. The molecule has 0 radical (unpaired) electrons. The van der Waals surface area contributed by atoms with Gasteiger partial charge in [-0.15, -0.1) is 27.1 Å². The van der Waals surface area contributed by atoms with E-state index in [1.807, 2.05) is 35.1 Å². The van der Waals surface area contributed by atoms with Crippen molar-refractivity contribution in [1.29, 1.82) is 0 Å². The molecule has 0 bridgehead atoms. The fourth-order valence-electron chi connectivity index (χ4n) is 2.93. The molecule has 0 aliphatic heterocycles. The number of thiazole rings is 1. The van der Waals surface area contributed by atoms with Crippen molar-refractivity contribution < 1.29 is 17.9 Å². The topological polar surface area (TPSA) is 77.7 Å². The van der Waals surface area contributed by atoms with Crippen LogP contribution in [-0.2, 0) is 16.6 Å².